The lowest BCUT2D eigenvalue weighted by molar-refractivity contribution is 0.311. The Hall–Kier alpha value is -2.34. The molecule has 0 amide bonds. The fraction of sp³-hybridized carbons (Fsp3) is 0.429. The van der Waals surface area contributed by atoms with Gasteiger partial charge in [0.2, 0.25) is 0 Å². The lowest BCUT2D eigenvalue weighted by Crippen LogP contribution is -2.11. The summed E-state index contributed by atoms with van der Waals surface area (Å²) < 4.78 is 11.0. The molecule has 2 aromatic heterocycles. The fourth-order valence-corrected chi connectivity index (χ4v) is 4.19. The number of nitrogens with zero attached hydrogens (tertiary/aromatic N) is 1. The number of hydrogen-bond donors (Lipinski definition) is 1. The summed E-state index contributed by atoms with van der Waals surface area (Å²) >= 11 is 1.59. The first-order valence-corrected chi connectivity index (χ1v) is 10.1. The molecular weight excluding hydrogens is 360 g/mol. The van der Waals surface area contributed by atoms with Crippen LogP contribution in [0.1, 0.15) is 37.6 Å². The van der Waals surface area contributed by atoms with Gasteiger partial charge in [-0.25, -0.2) is 4.98 Å². The van der Waals surface area contributed by atoms with Crippen LogP contribution in [-0.2, 0) is 6.42 Å². The van der Waals surface area contributed by atoms with Crippen LogP contribution in [0.2, 0.25) is 0 Å². The molecule has 3 aromatic rings. The summed E-state index contributed by atoms with van der Waals surface area (Å²) in [5.41, 5.74) is 1.85. The molecule has 0 unspecified atom stereocenters. The second-order valence-electron chi connectivity index (χ2n) is 6.75. The molecule has 0 saturated carbocycles. The normalized spacial score (nSPS) is 12.3. The van der Waals surface area contributed by atoms with E-state index in [2.05, 4.69) is 25.8 Å². The highest BCUT2D eigenvalue weighted by atomic mass is 32.1. The molecule has 1 atom stereocenters. The molecule has 0 aliphatic heterocycles. The van der Waals surface area contributed by atoms with E-state index in [-0.39, 0.29) is 5.56 Å². The van der Waals surface area contributed by atoms with Crippen molar-refractivity contribution in [2.75, 3.05) is 13.7 Å². The lowest BCUT2D eigenvalue weighted by Gasteiger charge is -2.11. The first-order chi connectivity index (χ1) is 13.0. The summed E-state index contributed by atoms with van der Waals surface area (Å²) in [4.78, 5) is 22.5. The van der Waals surface area contributed by atoms with Gasteiger partial charge < -0.3 is 14.5 Å². The van der Waals surface area contributed by atoms with Crippen molar-refractivity contribution in [2.24, 2.45) is 5.92 Å². The van der Waals surface area contributed by atoms with E-state index in [1.807, 2.05) is 25.1 Å². The van der Waals surface area contributed by atoms with E-state index in [4.69, 9.17) is 14.5 Å². The van der Waals surface area contributed by atoms with Crippen molar-refractivity contribution in [3.05, 3.63) is 39.0 Å². The van der Waals surface area contributed by atoms with Crippen LogP contribution in [0.5, 0.6) is 11.5 Å². The van der Waals surface area contributed by atoms with Gasteiger partial charge in [-0.05, 0) is 49.9 Å². The highest BCUT2D eigenvalue weighted by Gasteiger charge is 2.18. The number of H-pyrrole nitrogens is 1. The smallest absolute Gasteiger partial charge is 0.260 e. The van der Waals surface area contributed by atoms with Crippen LogP contribution in [0.3, 0.4) is 0 Å². The van der Waals surface area contributed by atoms with Gasteiger partial charge >= 0.3 is 0 Å². The van der Waals surface area contributed by atoms with Gasteiger partial charge in [0.15, 0.2) is 11.5 Å². The van der Waals surface area contributed by atoms with Crippen LogP contribution >= 0.6 is 11.3 Å². The lowest BCUT2D eigenvalue weighted by atomic mass is 9.98. The zero-order valence-electron chi connectivity index (χ0n) is 16.5. The number of rotatable bonds is 7. The molecule has 0 aliphatic carbocycles. The third kappa shape index (κ3) is 3.86. The van der Waals surface area contributed by atoms with Gasteiger partial charge in [-0.3, -0.25) is 4.79 Å². The summed E-state index contributed by atoms with van der Waals surface area (Å²) in [5, 5.41) is 0.736. The van der Waals surface area contributed by atoms with Gasteiger partial charge in [0, 0.05) is 10.4 Å². The molecule has 3 rings (SSSR count). The first-order valence-electron chi connectivity index (χ1n) is 9.31. The number of ether oxygens (including phenoxy) is 2. The predicted octanol–water partition coefficient (Wildman–Crippen LogP) is 4.96. The molecular formula is C21H26N2O3S. The Labute approximate surface area is 163 Å². The first kappa shape index (κ1) is 19.4. The zero-order chi connectivity index (χ0) is 19.6. The largest absolute Gasteiger partial charge is 0.493 e. The van der Waals surface area contributed by atoms with Crippen molar-refractivity contribution in [3.8, 4) is 22.9 Å². The Kier molecular flexibility index (Phi) is 5.85. The maximum atomic E-state index is 12.9. The number of hydrogen-bond acceptors (Lipinski definition) is 5. The predicted molar refractivity (Wildman–Crippen MR) is 111 cm³/mol. The van der Waals surface area contributed by atoms with Crippen molar-refractivity contribution in [2.45, 2.75) is 40.5 Å². The van der Waals surface area contributed by atoms with E-state index < -0.39 is 0 Å². The number of thiophene rings is 1. The fourth-order valence-electron chi connectivity index (χ4n) is 3.14. The van der Waals surface area contributed by atoms with Crippen molar-refractivity contribution >= 4 is 21.6 Å². The van der Waals surface area contributed by atoms with Gasteiger partial charge in [0.05, 0.1) is 19.1 Å². The van der Waals surface area contributed by atoms with Crippen molar-refractivity contribution in [1.82, 2.24) is 9.97 Å². The van der Waals surface area contributed by atoms with Crippen LogP contribution in [0, 0.1) is 12.8 Å². The van der Waals surface area contributed by atoms with Gasteiger partial charge in [-0.15, -0.1) is 11.3 Å². The number of aryl methyl sites for hydroxylation is 1. The number of aromatic amines is 1. The van der Waals surface area contributed by atoms with Crippen molar-refractivity contribution in [3.63, 3.8) is 0 Å². The molecule has 6 heteroatoms. The maximum absolute atomic E-state index is 12.9. The number of benzene rings is 1. The van der Waals surface area contributed by atoms with Gasteiger partial charge in [0.1, 0.15) is 10.7 Å². The monoisotopic (exact) mass is 386 g/mol. The highest BCUT2D eigenvalue weighted by Crippen LogP contribution is 2.33. The number of methoxy groups -OCH3 is 1. The Morgan fingerprint density at radius 2 is 2.04 bits per heavy atom. The van der Waals surface area contributed by atoms with Crippen molar-refractivity contribution < 1.29 is 9.47 Å². The van der Waals surface area contributed by atoms with Crippen LogP contribution in [0.15, 0.2) is 23.0 Å². The summed E-state index contributed by atoms with van der Waals surface area (Å²) in [6.45, 7) is 8.95. The van der Waals surface area contributed by atoms with Crippen LogP contribution in [0.4, 0.5) is 0 Å². The minimum absolute atomic E-state index is 0.0782. The molecule has 0 radical (unpaired) electrons. The van der Waals surface area contributed by atoms with E-state index >= 15 is 0 Å². The Balaban J connectivity index is 2.08. The Bertz CT molecular complexity index is 1010. The highest BCUT2D eigenvalue weighted by molar-refractivity contribution is 7.18. The summed E-state index contributed by atoms with van der Waals surface area (Å²) in [6.07, 6.45) is 2.00. The third-order valence-electron chi connectivity index (χ3n) is 4.85. The summed E-state index contributed by atoms with van der Waals surface area (Å²) in [5.74, 6) is 2.38. The number of aromatic nitrogens is 2. The average molecular weight is 387 g/mol. The molecule has 0 aliphatic rings. The van der Waals surface area contributed by atoms with Gasteiger partial charge in [0.25, 0.3) is 5.56 Å². The zero-order valence-corrected chi connectivity index (χ0v) is 17.3. The molecule has 0 fully saturated rings. The second kappa shape index (κ2) is 8.13. The quantitative estimate of drug-likeness (QED) is 0.623. The molecule has 0 saturated heterocycles. The van der Waals surface area contributed by atoms with Gasteiger partial charge in [-0.2, -0.15) is 0 Å². The number of fused-ring (bicyclic) bond motifs is 1. The molecule has 144 valence electrons. The molecule has 1 N–H and O–H groups in total. The summed E-state index contributed by atoms with van der Waals surface area (Å²) in [7, 11) is 1.60. The van der Waals surface area contributed by atoms with E-state index in [9.17, 15) is 4.79 Å². The molecule has 5 nitrogen and oxygen atoms in total. The Morgan fingerprint density at radius 1 is 1.26 bits per heavy atom. The maximum Gasteiger partial charge on any atom is 0.260 e. The summed E-state index contributed by atoms with van der Waals surface area (Å²) in [6, 6.07) is 5.57. The minimum atomic E-state index is -0.0782. The SMILES string of the molecule is CCOc1ccc(-c2nc3sc(C)c(C[C@H](C)CC)c3c(=O)[nH]2)cc1OC. The molecule has 0 bridgehead atoms. The van der Waals surface area contributed by atoms with Gasteiger partial charge in [-0.1, -0.05) is 20.3 Å². The van der Waals surface area contributed by atoms with Crippen LogP contribution in [-0.4, -0.2) is 23.7 Å². The standard InChI is InChI=1S/C21H26N2O3S/c1-6-12(3)10-15-13(4)27-21-18(15)20(24)22-19(23-21)14-8-9-16(26-7-2)17(11-14)25-5/h8-9,11-12H,6-7,10H2,1-5H3,(H,22,23,24)/t12-/m1/s1. The van der Waals surface area contributed by atoms with Crippen molar-refractivity contribution in [1.29, 1.82) is 0 Å². The molecule has 0 spiro atoms. The van der Waals surface area contributed by atoms with E-state index in [0.29, 0.717) is 29.8 Å². The molecule has 2 heterocycles. The topological polar surface area (TPSA) is 64.2 Å². The Morgan fingerprint density at radius 3 is 2.70 bits per heavy atom. The van der Waals surface area contributed by atoms with E-state index in [0.717, 1.165) is 34.2 Å². The van der Waals surface area contributed by atoms with E-state index in [1.54, 1.807) is 18.4 Å². The molecule has 1 aromatic carbocycles. The second-order valence-corrected chi connectivity index (χ2v) is 7.95. The van der Waals surface area contributed by atoms with E-state index in [1.165, 1.54) is 4.88 Å². The number of nitrogens with one attached hydrogen (secondary N) is 1. The average Bonchev–Trinajstić information content (AvgIpc) is 2.97. The van der Waals surface area contributed by atoms with Crippen LogP contribution in [0.25, 0.3) is 21.6 Å². The van der Waals surface area contributed by atoms with Crippen LogP contribution < -0.4 is 15.0 Å². The molecule has 27 heavy (non-hydrogen) atoms. The minimum Gasteiger partial charge on any atom is -0.493 e. The third-order valence-corrected chi connectivity index (χ3v) is 5.89.